The molecule has 282 valence electrons. The number of carboxylic acids is 1. The minimum atomic E-state index is -4.33. The number of carbonyl (C=O) groups excluding carboxylic acids is 5. The maximum atomic E-state index is 11.9. The van der Waals surface area contributed by atoms with Gasteiger partial charge in [0, 0.05) is 46.9 Å². The summed E-state index contributed by atoms with van der Waals surface area (Å²) in [6.07, 6.45) is 0. The molecule has 0 aliphatic rings. The Morgan fingerprint density at radius 2 is 1.06 bits per heavy atom. The van der Waals surface area contributed by atoms with Crippen LogP contribution in [-0.2, 0) is 29.3 Å². The number of carboxylic acid groups (broad SMARTS) is 1. The van der Waals surface area contributed by atoms with Crippen LogP contribution in [0.4, 0.5) is 0 Å². The summed E-state index contributed by atoms with van der Waals surface area (Å²) in [4.78, 5) is 68.6. The van der Waals surface area contributed by atoms with E-state index < -0.39 is 45.7 Å². The summed E-state index contributed by atoms with van der Waals surface area (Å²) < 4.78 is 41.9. The van der Waals surface area contributed by atoms with Crippen molar-refractivity contribution < 1.29 is 56.3 Å². The summed E-state index contributed by atoms with van der Waals surface area (Å²) in [6, 6.07) is 26.3. The molecule has 4 aromatic rings. The Labute approximate surface area is 335 Å². The van der Waals surface area contributed by atoms with Gasteiger partial charge in [0.2, 0.25) is 23.6 Å². The van der Waals surface area contributed by atoms with Gasteiger partial charge in [-0.25, -0.2) is 9.59 Å². The Bertz CT molecular complexity index is 2000. The third kappa shape index (κ3) is 15.4. The first-order chi connectivity index (χ1) is 24.8. The molecule has 4 amide bonds. The third-order valence-electron chi connectivity index (χ3n) is 7.14. The van der Waals surface area contributed by atoms with Crippen LogP contribution in [0.25, 0.3) is 0 Å². The molecule has 0 atom stereocenters. The van der Waals surface area contributed by atoms with E-state index in [-0.39, 0.29) is 58.9 Å². The molecule has 0 aliphatic heterocycles. The molecule has 0 spiro atoms. The van der Waals surface area contributed by atoms with Crippen molar-refractivity contribution in [1.82, 2.24) is 9.80 Å². The van der Waals surface area contributed by atoms with E-state index in [0.29, 0.717) is 22.6 Å². The molecule has 0 saturated carbocycles. The number of esters is 1. The number of rotatable bonds is 9. The summed E-state index contributed by atoms with van der Waals surface area (Å²) in [5.41, 5.74) is 2.06. The Balaban J connectivity index is 0.000000405. The zero-order valence-corrected chi connectivity index (χ0v) is 30.7. The summed E-state index contributed by atoms with van der Waals surface area (Å²) in [5, 5.41) is 8.91. The molecule has 0 radical (unpaired) electrons. The molecule has 0 aliphatic carbocycles. The van der Waals surface area contributed by atoms with Gasteiger partial charge in [-0.15, -0.1) is 0 Å². The summed E-state index contributed by atoms with van der Waals surface area (Å²) in [6.45, 7) is 8.64. The van der Waals surface area contributed by atoms with Gasteiger partial charge in [0.1, 0.15) is 17.2 Å². The number of nitrogens with zero attached hydrogens (tertiary/aromatic N) is 2. The van der Waals surface area contributed by atoms with Crippen LogP contribution in [0.2, 0.25) is 0 Å². The van der Waals surface area contributed by atoms with E-state index in [9.17, 15) is 37.2 Å². The van der Waals surface area contributed by atoms with E-state index in [1.54, 1.807) is 49.4 Å². The molecule has 0 bridgehead atoms. The van der Waals surface area contributed by atoms with E-state index in [4.69, 9.17) is 19.1 Å². The molecule has 4 rings (SSSR count). The van der Waals surface area contributed by atoms with Crippen LogP contribution in [0, 0.1) is 13.8 Å². The third-order valence-corrected chi connectivity index (χ3v) is 7.99. The average molecular weight is 773 g/mol. The van der Waals surface area contributed by atoms with E-state index in [1.165, 1.54) is 45.9 Å². The predicted molar refractivity (Wildman–Crippen MR) is 200 cm³/mol. The van der Waals surface area contributed by atoms with Gasteiger partial charge < -0.3 is 14.6 Å². The fourth-order valence-electron chi connectivity index (χ4n) is 4.32. The van der Waals surface area contributed by atoms with Crippen LogP contribution in [0.1, 0.15) is 59.5 Å². The van der Waals surface area contributed by atoms with Gasteiger partial charge in [-0.1, -0.05) is 48.5 Å². The number of aryl methyl sites for hydroxylation is 2. The SMILES string of the molecule is CC(=O)N(CCN(C(C)=O)C(C)=O)C(C)=O.Cc1ccc(C(=O)O)cc1Oc1ccccc1.Cc1ccc(S(=O)(=O)O)cc1OC(=O)c1ccccc1.[NaH]. The number of hydrogen-bond acceptors (Lipinski definition) is 10. The standard InChI is InChI=1S/C14H12O5S.C14H12O3.C10H16N2O4.Na.H/c1-10-7-8-12(20(16,17)18)9-13(10)19-14(15)11-5-3-2-4-6-11;1-10-7-8-11(14(15)16)9-13(10)17-12-5-3-2-4-6-12;1-7(13)11(8(2)14)5-6-12(9(3)15)10(4)16;;/h2-9H,1H3,(H,16,17,18);2-9H,1H3,(H,15,16);5-6H2,1-4H3;;. The number of aromatic carboxylic acids is 1. The van der Waals surface area contributed by atoms with E-state index in [2.05, 4.69) is 0 Å². The first kappa shape index (κ1) is 46.8. The molecule has 54 heavy (non-hydrogen) atoms. The van der Waals surface area contributed by atoms with Crippen molar-refractivity contribution in [2.75, 3.05) is 13.1 Å². The van der Waals surface area contributed by atoms with Gasteiger partial charge in [-0.05, 0) is 67.4 Å². The number of para-hydroxylation sites is 1. The Kier molecular flexibility index (Phi) is 19.2. The van der Waals surface area contributed by atoms with Crippen molar-refractivity contribution in [2.45, 2.75) is 46.4 Å². The van der Waals surface area contributed by atoms with Crippen molar-refractivity contribution in [3.8, 4) is 17.2 Å². The zero-order valence-electron chi connectivity index (χ0n) is 29.9. The van der Waals surface area contributed by atoms with Gasteiger partial charge in [0.15, 0.2) is 0 Å². The van der Waals surface area contributed by atoms with Crippen LogP contribution in [-0.4, -0.2) is 106 Å². The fourth-order valence-corrected chi connectivity index (χ4v) is 4.81. The molecular weight excluding hydrogens is 731 g/mol. The van der Waals surface area contributed by atoms with E-state index in [0.717, 1.165) is 21.4 Å². The van der Waals surface area contributed by atoms with Crippen molar-refractivity contribution >= 4 is 75.2 Å². The Morgan fingerprint density at radius 1 is 0.611 bits per heavy atom. The summed E-state index contributed by atoms with van der Waals surface area (Å²) in [5.74, 6) is -1.81. The van der Waals surface area contributed by atoms with Crippen molar-refractivity contribution in [2.24, 2.45) is 0 Å². The van der Waals surface area contributed by atoms with Crippen LogP contribution in [0.5, 0.6) is 17.2 Å². The number of hydrogen-bond donors (Lipinski definition) is 2. The monoisotopic (exact) mass is 772 g/mol. The first-order valence-electron chi connectivity index (χ1n) is 15.8. The second-order valence-electron chi connectivity index (χ2n) is 11.2. The first-order valence-corrected chi connectivity index (χ1v) is 17.2. The molecule has 0 heterocycles. The van der Waals surface area contributed by atoms with Gasteiger partial charge in [-0.2, -0.15) is 8.42 Å². The van der Waals surface area contributed by atoms with E-state index in [1.807, 2.05) is 37.3 Å². The molecule has 0 fully saturated rings. The van der Waals surface area contributed by atoms with Crippen LogP contribution >= 0.6 is 0 Å². The molecule has 0 aromatic heterocycles. The van der Waals surface area contributed by atoms with Crippen molar-refractivity contribution in [3.63, 3.8) is 0 Å². The molecule has 16 heteroatoms. The Morgan fingerprint density at radius 3 is 1.50 bits per heavy atom. The molecule has 0 unspecified atom stereocenters. The normalized spacial score (nSPS) is 10.1. The van der Waals surface area contributed by atoms with Crippen molar-refractivity contribution in [1.29, 1.82) is 0 Å². The van der Waals surface area contributed by atoms with Crippen LogP contribution < -0.4 is 9.47 Å². The maximum absolute atomic E-state index is 11.9. The average Bonchev–Trinajstić information content (AvgIpc) is 3.08. The second-order valence-corrected chi connectivity index (χ2v) is 12.7. The van der Waals surface area contributed by atoms with Crippen LogP contribution in [0.15, 0.2) is 102 Å². The van der Waals surface area contributed by atoms with Gasteiger partial charge in [0.05, 0.1) is 16.0 Å². The van der Waals surface area contributed by atoms with Crippen LogP contribution in [0.3, 0.4) is 0 Å². The van der Waals surface area contributed by atoms with Gasteiger partial charge >= 0.3 is 41.5 Å². The quantitative estimate of drug-likeness (QED) is 0.0991. The molecule has 2 N–H and O–H groups in total. The van der Waals surface area contributed by atoms with Gasteiger partial charge in [-0.3, -0.25) is 33.5 Å². The molecule has 4 aromatic carbocycles. The number of benzene rings is 4. The van der Waals surface area contributed by atoms with Gasteiger partial charge in [0.25, 0.3) is 10.1 Å². The number of amides is 4. The zero-order chi connectivity index (χ0) is 39.9. The Hall–Kier alpha value is -5.19. The number of imide groups is 2. The van der Waals surface area contributed by atoms with E-state index >= 15 is 0 Å². The predicted octanol–water partition coefficient (Wildman–Crippen LogP) is 5.07. The second kappa shape index (κ2) is 22.1. The minimum absolute atomic E-state index is 0. The summed E-state index contributed by atoms with van der Waals surface area (Å²) >= 11 is 0. The molecular formula is C38H41N2NaO12S. The summed E-state index contributed by atoms with van der Waals surface area (Å²) in [7, 11) is -4.33. The molecule has 0 saturated heterocycles. The molecule has 14 nitrogen and oxygen atoms in total. The van der Waals surface area contributed by atoms with Crippen molar-refractivity contribution in [3.05, 3.63) is 119 Å². The topological polar surface area (TPSA) is 202 Å². The number of ether oxygens (including phenoxy) is 2. The number of carbonyl (C=O) groups is 6. The fraction of sp³-hybridized carbons (Fsp3) is 0.211.